The maximum Gasteiger partial charge on any atom is 0.317 e. The zero-order valence-electron chi connectivity index (χ0n) is 11.1. The maximum absolute atomic E-state index is 11.9. The van der Waals surface area contributed by atoms with Gasteiger partial charge < -0.3 is 21.1 Å². The van der Waals surface area contributed by atoms with Gasteiger partial charge >= 0.3 is 12.0 Å². The molecule has 19 heavy (non-hydrogen) atoms. The third-order valence-corrected chi connectivity index (χ3v) is 3.43. The fourth-order valence-electron chi connectivity index (χ4n) is 2.14. The number of hydrogen-bond donors (Lipinski definition) is 3. The van der Waals surface area contributed by atoms with Gasteiger partial charge in [-0.15, -0.1) is 0 Å². The highest BCUT2D eigenvalue weighted by atomic mass is 16.4. The monoisotopic (exact) mass is 271 g/mol. The Labute approximate surface area is 112 Å². The first-order chi connectivity index (χ1) is 8.93. The van der Waals surface area contributed by atoms with Gasteiger partial charge in [-0.05, 0) is 19.3 Å². The molecule has 1 aliphatic rings. The summed E-state index contributed by atoms with van der Waals surface area (Å²) in [5, 5.41) is 11.4. The predicted molar refractivity (Wildman–Crippen MR) is 68.4 cm³/mol. The molecule has 0 radical (unpaired) electrons. The van der Waals surface area contributed by atoms with Crippen LogP contribution in [0, 0.1) is 5.92 Å². The second-order valence-corrected chi connectivity index (χ2v) is 4.82. The van der Waals surface area contributed by atoms with E-state index in [9.17, 15) is 14.4 Å². The Morgan fingerprint density at radius 3 is 2.37 bits per heavy atom. The lowest BCUT2D eigenvalue weighted by atomic mass is 9.96. The second-order valence-electron chi connectivity index (χ2n) is 4.82. The SMILES string of the molecule is CCC(CC(=O)O)NC(=O)N1CCC(C(N)=O)CC1. The molecular formula is C12H21N3O4. The number of piperidine rings is 1. The van der Waals surface area contributed by atoms with E-state index in [2.05, 4.69) is 5.32 Å². The van der Waals surface area contributed by atoms with Crippen LogP contribution in [-0.4, -0.2) is 47.0 Å². The van der Waals surface area contributed by atoms with E-state index < -0.39 is 5.97 Å². The number of carboxylic acids is 1. The lowest BCUT2D eigenvalue weighted by molar-refractivity contribution is -0.137. The van der Waals surface area contributed by atoms with Crippen molar-refractivity contribution in [3.8, 4) is 0 Å². The molecule has 0 bridgehead atoms. The van der Waals surface area contributed by atoms with Crippen molar-refractivity contribution >= 4 is 17.9 Å². The molecule has 0 saturated carbocycles. The largest absolute Gasteiger partial charge is 0.481 e. The molecule has 1 heterocycles. The zero-order valence-corrected chi connectivity index (χ0v) is 11.1. The highest BCUT2D eigenvalue weighted by Gasteiger charge is 2.26. The Morgan fingerprint density at radius 1 is 1.37 bits per heavy atom. The van der Waals surface area contributed by atoms with Gasteiger partial charge in [-0.2, -0.15) is 0 Å². The number of likely N-dealkylation sites (tertiary alicyclic amines) is 1. The van der Waals surface area contributed by atoms with Crippen LogP contribution in [0.4, 0.5) is 4.79 Å². The van der Waals surface area contributed by atoms with Crippen molar-refractivity contribution in [3.05, 3.63) is 0 Å². The topological polar surface area (TPSA) is 113 Å². The fourth-order valence-corrected chi connectivity index (χ4v) is 2.14. The van der Waals surface area contributed by atoms with E-state index >= 15 is 0 Å². The number of hydrogen-bond acceptors (Lipinski definition) is 3. The maximum atomic E-state index is 11.9. The number of carboxylic acid groups (broad SMARTS) is 1. The number of rotatable bonds is 5. The first-order valence-electron chi connectivity index (χ1n) is 6.50. The number of nitrogens with zero attached hydrogens (tertiary/aromatic N) is 1. The molecule has 108 valence electrons. The Bertz CT molecular complexity index is 351. The lowest BCUT2D eigenvalue weighted by Crippen LogP contribution is -2.49. The molecule has 0 aliphatic carbocycles. The van der Waals surface area contributed by atoms with Crippen molar-refractivity contribution in [2.75, 3.05) is 13.1 Å². The molecule has 1 rings (SSSR count). The van der Waals surface area contributed by atoms with Gasteiger partial charge in [0.2, 0.25) is 5.91 Å². The molecule has 7 heteroatoms. The molecule has 1 unspecified atom stereocenters. The number of amides is 3. The molecule has 1 fully saturated rings. The van der Waals surface area contributed by atoms with Gasteiger partial charge in [0.05, 0.1) is 6.42 Å². The van der Waals surface area contributed by atoms with Crippen LogP contribution in [-0.2, 0) is 9.59 Å². The van der Waals surface area contributed by atoms with Crippen LogP contribution in [0.15, 0.2) is 0 Å². The average molecular weight is 271 g/mol. The van der Waals surface area contributed by atoms with E-state index in [0.717, 1.165) is 0 Å². The van der Waals surface area contributed by atoms with Gasteiger partial charge in [0, 0.05) is 25.0 Å². The number of nitrogens with two attached hydrogens (primary N) is 1. The first-order valence-corrected chi connectivity index (χ1v) is 6.50. The molecule has 1 aliphatic heterocycles. The van der Waals surface area contributed by atoms with Crippen molar-refractivity contribution in [2.45, 2.75) is 38.6 Å². The van der Waals surface area contributed by atoms with E-state index in [1.165, 1.54) is 0 Å². The van der Waals surface area contributed by atoms with E-state index in [-0.39, 0.29) is 30.3 Å². The Balaban J connectivity index is 2.42. The summed E-state index contributed by atoms with van der Waals surface area (Å²) < 4.78 is 0. The normalized spacial score (nSPS) is 17.8. The van der Waals surface area contributed by atoms with E-state index in [1.807, 2.05) is 6.92 Å². The van der Waals surface area contributed by atoms with Gasteiger partial charge in [-0.1, -0.05) is 6.92 Å². The molecule has 1 atom stereocenters. The van der Waals surface area contributed by atoms with Crippen molar-refractivity contribution in [1.82, 2.24) is 10.2 Å². The fraction of sp³-hybridized carbons (Fsp3) is 0.750. The molecular weight excluding hydrogens is 250 g/mol. The number of primary amides is 1. The number of aliphatic carboxylic acids is 1. The summed E-state index contributed by atoms with van der Waals surface area (Å²) in [4.78, 5) is 35.2. The van der Waals surface area contributed by atoms with E-state index in [0.29, 0.717) is 32.4 Å². The quantitative estimate of drug-likeness (QED) is 0.660. The summed E-state index contributed by atoms with van der Waals surface area (Å²) in [6.07, 6.45) is 1.62. The molecule has 3 amide bonds. The van der Waals surface area contributed by atoms with Crippen LogP contribution in [0.5, 0.6) is 0 Å². The van der Waals surface area contributed by atoms with Crippen LogP contribution in [0.2, 0.25) is 0 Å². The molecule has 0 aromatic carbocycles. The summed E-state index contributed by atoms with van der Waals surface area (Å²) in [5.41, 5.74) is 5.22. The summed E-state index contributed by atoms with van der Waals surface area (Å²) in [5.74, 6) is -1.41. The standard InChI is InChI=1S/C12H21N3O4/c1-2-9(7-10(16)17)14-12(19)15-5-3-8(4-6-15)11(13)18/h8-9H,2-7H2,1H3,(H2,13,18)(H,14,19)(H,16,17). The molecule has 4 N–H and O–H groups in total. The van der Waals surface area contributed by atoms with Crippen LogP contribution in [0.1, 0.15) is 32.6 Å². The Morgan fingerprint density at radius 2 is 1.95 bits per heavy atom. The summed E-state index contributed by atoms with van der Waals surface area (Å²) >= 11 is 0. The number of urea groups is 1. The highest BCUT2D eigenvalue weighted by Crippen LogP contribution is 2.16. The number of carbonyl (C=O) groups excluding carboxylic acids is 2. The molecule has 0 aromatic rings. The van der Waals surface area contributed by atoms with Crippen LogP contribution < -0.4 is 11.1 Å². The third-order valence-electron chi connectivity index (χ3n) is 3.43. The molecule has 1 saturated heterocycles. The smallest absolute Gasteiger partial charge is 0.317 e. The number of nitrogens with one attached hydrogen (secondary N) is 1. The van der Waals surface area contributed by atoms with Crippen molar-refractivity contribution < 1.29 is 19.5 Å². The van der Waals surface area contributed by atoms with E-state index in [4.69, 9.17) is 10.8 Å². The Kier molecular flexibility index (Phi) is 5.59. The first kappa shape index (κ1) is 15.3. The van der Waals surface area contributed by atoms with Crippen LogP contribution in [0.3, 0.4) is 0 Å². The highest BCUT2D eigenvalue weighted by molar-refractivity contribution is 5.78. The van der Waals surface area contributed by atoms with E-state index in [1.54, 1.807) is 4.90 Å². The Hall–Kier alpha value is -1.79. The van der Waals surface area contributed by atoms with Crippen molar-refractivity contribution in [2.24, 2.45) is 11.7 Å². The zero-order chi connectivity index (χ0) is 14.4. The minimum Gasteiger partial charge on any atom is -0.481 e. The third kappa shape index (κ3) is 4.76. The summed E-state index contributed by atoms with van der Waals surface area (Å²) in [6, 6.07) is -0.630. The second kappa shape index (κ2) is 6.96. The van der Waals surface area contributed by atoms with Crippen molar-refractivity contribution in [3.63, 3.8) is 0 Å². The minimum atomic E-state index is -0.931. The molecule has 0 spiro atoms. The van der Waals surface area contributed by atoms with Gasteiger partial charge in [0.15, 0.2) is 0 Å². The van der Waals surface area contributed by atoms with Gasteiger partial charge in [0.1, 0.15) is 0 Å². The van der Waals surface area contributed by atoms with Crippen LogP contribution >= 0.6 is 0 Å². The minimum absolute atomic E-state index is 0.0833. The van der Waals surface area contributed by atoms with Gasteiger partial charge in [-0.25, -0.2) is 4.79 Å². The average Bonchev–Trinajstić information content (AvgIpc) is 2.37. The summed E-state index contributed by atoms with van der Waals surface area (Å²) in [7, 11) is 0. The molecule has 7 nitrogen and oxygen atoms in total. The van der Waals surface area contributed by atoms with Gasteiger partial charge in [-0.3, -0.25) is 9.59 Å². The van der Waals surface area contributed by atoms with Gasteiger partial charge in [0.25, 0.3) is 0 Å². The van der Waals surface area contributed by atoms with Crippen LogP contribution in [0.25, 0.3) is 0 Å². The lowest BCUT2D eigenvalue weighted by Gasteiger charge is -2.31. The predicted octanol–water partition coefficient (Wildman–Crippen LogP) is 0.147. The molecule has 0 aromatic heterocycles. The summed E-state index contributed by atoms with van der Waals surface area (Å²) in [6.45, 7) is 2.78. The van der Waals surface area contributed by atoms with Crippen molar-refractivity contribution in [1.29, 1.82) is 0 Å². The number of carbonyl (C=O) groups is 3.